The van der Waals surface area contributed by atoms with Gasteiger partial charge in [0.1, 0.15) is 0 Å². The molecule has 0 atom stereocenters. The maximum atomic E-state index is 5.83. The van der Waals surface area contributed by atoms with Crippen LogP contribution in [0.3, 0.4) is 0 Å². The quantitative estimate of drug-likeness (QED) is 0.165. The molecule has 418 valence electrons. The molecular weight excluding hydrogens is 993 g/mol. The molecule has 0 N–H and O–H groups in total. The van der Waals surface area contributed by atoms with E-state index in [2.05, 4.69) is 288 Å². The molecule has 0 saturated carbocycles. The molecule has 7 aromatic rings. The van der Waals surface area contributed by atoms with Crippen LogP contribution in [0.5, 0.6) is 0 Å². The van der Waals surface area contributed by atoms with Crippen molar-refractivity contribution in [1.82, 2.24) is 19.9 Å². The standard InChI is InChI=1S/C76H92N4.Mg/c1-69(2,3)49-33-45(34-50(41-49)70(4,5)6)65-57-25-27-59(77-57)66(46-35-51(71(7,8)9)42-52(36-46)72(10,11)12)61-29-31-63(79-61)68(48-39-55(75(19,20)21)44-56(40-48)76(22,23)24)64-32-30-62(80-64)67(60-28-26-58(65)78-60)47-37-53(73(13,14)15)43-54(38-47)74(16,17)18;/h25-44H,1-24H3;/q-2;+2. The van der Waals surface area contributed by atoms with Crippen molar-refractivity contribution in [2.75, 3.05) is 0 Å². The van der Waals surface area contributed by atoms with Crippen LogP contribution in [0.15, 0.2) is 97.1 Å². The summed E-state index contributed by atoms with van der Waals surface area (Å²) in [4.78, 5) is 23.3. The van der Waals surface area contributed by atoms with Crippen molar-refractivity contribution in [3.8, 4) is 44.5 Å². The predicted molar refractivity (Wildman–Crippen MR) is 354 cm³/mol. The van der Waals surface area contributed by atoms with Crippen LogP contribution in [0, 0.1) is 0 Å². The van der Waals surface area contributed by atoms with Crippen LogP contribution in [0.25, 0.3) is 90.9 Å². The Bertz CT molecular complexity index is 3200. The Hall–Kier alpha value is -5.75. The van der Waals surface area contributed by atoms with Crippen LogP contribution in [0.2, 0.25) is 0 Å². The van der Waals surface area contributed by atoms with Gasteiger partial charge in [0.15, 0.2) is 0 Å². The molecule has 0 saturated heterocycles. The van der Waals surface area contributed by atoms with Gasteiger partial charge in [0, 0.05) is 0 Å². The number of fused-ring (bicyclic) bond motifs is 8. The fraction of sp³-hybridized carbons (Fsp3) is 0.421. The van der Waals surface area contributed by atoms with E-state index in [1.54, 1.807) is 0 Å². The second-order valence-corrected chi connectivity index (χ2v) is 31.6. The van der Waals surface area contributed by atoms with E-state index in [4.69, 9.17) is 19.9 Å². The predicted octanol–water partition coefficient (Wildman–Crippen LogP) is 20.6. The average Bonchev–Trinajstić information content (AvgIpc) is 4.17. The van der Waals surface area contributed by atoms with Crippen LogP contribution >= 0.6 is 0 Å². The average molecular weight is 1090 g/mol. The summed E-state index contributed by atoms with van der Waals surface area (Å²) in [5.41, 5.74) is 24.7. The first-order valence-electron chi connectivity index (χ1n) is 29.4. The van der Waals surface area contributed by atoms with Gasteiger partial charge >= 0.3 is 23.1 Å². The number of aromatic nitrogens is 4. The second kappa shape index (κ2) is 20.8. The number of hydrogen-bond donors (Lipinski definition) is 0. The molecule has 2 aliphatic rings. The van der Waals surface area contributed by atoms with E-state index in [1.165, 1.54) is 44.5 Å². The summed E-state index contributed by atoms with van der Waals surface area (Å²) in [5, 5.41) is 0. The summed E-state index contributed by atoms with van der Waals surface area (Å²) in [7, 11) is 0. The van der Waals surface area contributed by atoms with Crippen LogP contribution in [0.1, 0.15) is 233 Å². The van der Waals surface area contributed by atoms with Crippen LogP contribution in [0.4, 0.5) is 0 Å². The zero-order chi connectivity index (χ0) is 58.8. The maximum Gasteiger partial charge on any atom is 2.00 e. The first-order valence-corrected chi connectivity index (χ1v) is 29.4. The van der Waals surface area contributed by atoms with Gasteiger partial charge in [0.25, 0.3) is 0 Å². The molecular formula is C76H92MgN4. The number of rotatable bonds is 4. The summed E-state index contributed by atoms with van der Waals surface area (Å²) >= 11 is 0. The smallest absolute Gasteiger partial charge is 0.657 e. The Balaban J connectivity index is 0.00000860. The molecule has 8 bridgehead atoms. The number of nitrogens with zero attached hydrogens (tertiary/aromatic N) is 4. The Kier molecular flexibility index (Phi) is 15.8. The largest absolute Gasteiger partial charge is 2.00 e. The summed E-state index contributed by atoms with van der Waals surface area (Å²) in [6, 6.07) is 37.6. The SMILES string of the molecule is CC(C)(C)c1cc(-c2c3nc(c(-c4cc(C(C)(C)C)cc(C(C)(C)C)c4)c4ccc([n-]4)c(-c4cc(C(C)(C)C)cc(C(C)(C)C)c4)c4nc(c(-c5cc(C(C)(C)C)cc(C(C)(C)C)c5)c5ccc2[n-]5)C=C4)C=C3)cc(C(C)(C)C)c1.[Mg+2]. The first kappa shape index (κ1) is 61.3. The Morgan fingerprint density at radius 1 is 0.235 bits per heavy atom. The van der Waals surface area contributed by atoms with Gasteiger partial charge in [-0.1, -0.05) is 263 Å². The van der Waals surface area contributed by atoms with Crippen molar-refractivity contribution >= 4 is 69.4 Å². The molecule has 4 aromatic carbocycles. The second-order valence-electron chi connectivity index (χ2n) is 31.6. The minimum Gasteiger partial charge on any atom is -0.657 e. The van der Waals surface area contributed by atoms with Gasteiger partial charge in [-0.25, -0.2) is 9.97 Å². The van der Waals surface area contributed by atoms with Gasteiger partial charge in [-0.2, -0.15) is 0 Å². The maximum absolute atomic E-state index is 5.83. The minimum atomic E-state index is -0.113. The molecule has 0 amide bonds. The summed E-state index contributed by atoms with van der Waals surface area (Å²) in [6.45, 7) is 55.5. The van der Waals surface area contributed by atoms with E-state index in [1.807, 2.05) is 0 Å². The van der Waals surface area contributed by atoms with E-state index in [0.717, 1.165) is 89.4 Å². The third-order valence-electron chi connectivity index (χ3n) is 16.4. The van der Waals surface area contributed by atoms with Crippen LogP contribution < -0.4 is 9.97 Å². The third kappa shape index (κ3) is 12.8. The molecule has 5 heterocycles. The minimum absolute atomic E-state index is 0. The fourth-order valence-corrected chi connectivity index (χ4v) is 10.8. The third-order valence-corrected chi connectivity index (χ3v) is 16.4. The van der Waals surface area contributed by atoms with Crippen molar-refractivity contribution < 1.29 is 0 Å². The molecule has 0 radical (unpaired) electrons. The van der Waals surface area contributed by atoms with E-state index >= 15 is 0 Å². The number of benzene rings is 4. The normalized spacial score (nSPS) is 13.7. The fourth-order valence-electron chi connectivity index (χ4n) is 10.8. The van der Waals surface area contributed by atoms with Crippen molar-refractivity contribution in [2.45, 2.75) is 209 Å². The van der Waals surface area contributed by atoms with E-state index in [0.29, 0.717) is 0 Å². The molecule has 9 rings (SSSR count). The van der Waals surface area contributed by atoms with Crippen molar-refractivity contribution in [3.05, 3.63) is 164 Å². The van der Waals surface area contributed by atoms with Gasteiger partial charge in [-0.15, -0.1) is 22.1 Å². The van der Waals surface area contributed by atoms with Gasteiger partial charge in [0.05, 0.1) is 22.8 Å². The van der Waals surface area contributed by atoms with Crippen molar-refractivity contribution in [3.63, 3.8) is 0 Å². The molecule has 2 aliphatic heterocycles. The van der Waals surface area contributed by atoms with Gasteiger partial charge in [-0.05, 0) is 157 Å². The zero-order valence-electron chi connectivity index (χ0n) is 54.0. The first-order chi connectivity index (χ1) is 36.6. The van der Waals surface area contributed by atoms with E-state index in [-0.39, 0.29) is 66.4 Å². The molecule has 5 heteroatoms. The van der Waals surface area contributed by atoms with Gasteiger partial charge in [-0.3, -0.25) is 0 Å². The molecule has 4 nitrogen and oxygen atoms in total. The summed E-state index contributed by atoms with van der Waals surface area (Å²) in [5.74, 6) is 0. The number of hydrogen-bond acceptors (Lipinski definition) is 2. The monoisotopic (exact) mass is 1080 g/mol. The zero-order valence-corrected chi connectivity index (χ0v) is 55.5. The van der Waals surface area contributed by atoms with Crippen molar-refractivity contribution in [1.29, 1.82) is 0 Å². The summed E-state index contributed by atoms with van der Waals surface area (Å²) < 4.78 is 0. The molecule has 0 unspecified atom stereocenters. The van der Waals surface area contributed by atoms with Gasteiger partial charge in [0.2, 0.25) is 0 Å². The summed E-state index contributed by atoms with van der Waals surface area (Å²) in [6.07, 6.45) is 8.89. The Labute approximate surface area is 504 Å². The molecule has 0 fully saturated rings. The van der Waals surface area contributed by atoms with Gasteiger partial charge < -0.3 is 9.97 Å². The molecule has 81 heavy (non-hydrogen) atoms. The molecule has 0 spiro atoms. The topological polar surface area (TPSA) is 54.0 Å². The van der Waals surface area contributed by atoms with E-state index in [9.17, 15) is 0 Å². The Morgan fingerprint density at radius 2 is 0.383 bits per heavy atom. The Morgan fingerprint density at radius 3 is 0.519 bits per heavy atom. The van der Waals surface area contributed by atoms with Crippen LogP contribution in [-0.4, -0.2) is 33.0 Å². The van der Waals surface area contributed by atoms with E-state index < -0.39 is 0 Å². The van der Waals surface area contributed by atoms with Crippen molar-refractivity contribution in [2.24, 2.45) is 0 Å². The molecule has 0 aliphatic carbocycles. The molecule has 3 aromatic heterocycles. The van der Waals surface area contributed by atoms with Crippen LogP contribution in [-0.2, 0) is 43.3 Å².